The fourth-order valence-corrected chi connectivity index (χ4v) is 5.08. The van der Waals surface area contributed by atoms with Crippen LogP contribution >= 0.6 is 11.3 Å². The molecule has 0 fully saturated rings. The van der Waals surface area contributed by atoms with E-state index in [0.717, 1.165) is 10.4 Å². The third-order valence-electron chi connectivity index (χ3n) is 4.53. The zero-order chi connectivity index (χ0) is 24.9. The van der Waals surface area contributed by atoms with Gasteiger partial charge in [0.2, 0.25) is 10.0 Å². The molecule has 34 heavy (non-hydrogen) atoms. The second-order valence-corrected chi connectivity index (χ2v) is 11.3. The van der Waals surface area contributed by atoms with Gasteiger partial charge in [0.05, 0.1) is 9.77 Å². The van der Waals surface area contributed by atoms with Gasteiger partial charge in [-0.2, -0.15) is 4.72 Å². The van der Waals surface area contributed by atoms with Crippen molar-refractivity contribution >= 4 is 38.9 Å². The molecule has 3 rings (SSSR count). The van der Waals surface area contributed by atoms with Crippen LogP contribution in [0.4, 0.5) is 5.69 Å². The minimum atomic E-state index is -4.02. The first-order valence-corrected chi connectivity index (χ1v) is 12.8. The molecule has 0 aliphatic rings. The number of carbonyl (C=O) groups is 2. The quantitative estimate of drug-likeness (QED) is 0.321. The summed E-state index contributed by atoms with van der Waals surface area (Å²) in [7, 11) is -4.02. The highest BCUT2D eigenvalue weighted by atomic mass is 32.2. The van der Waals surface area contributed by atoms with E-state index in [1.165, 1.54) is 23.5 Å². The largest absolute Gasteiger partial charge is 0.459 e. The molecule has 0 saturated heterocycles. The van der Waals surface area contributed by atoms with E-state index in [1.807, 2.05) is 18.2 Å². The minimum Gasteiger partial charge on any atom is -0.459 e. The zero-order valence-electron chi connectivity index (χ0n) is 19.1. The Morgan fingerprint density at radius 2 is 1.65 bits per heavy atom. The normalized spacial score (nSPS) is 12.7. The molecule has 1 amide bonds. The zero-order valence-corrected chi connectivity index (χ0v) is 20.7. The summed E-state index contributed by atoms with van der Waals surface area (Å²) in [5.41, 5.74) is 6.45. The molecule has 0 spiro atoms. The smallest absolute Gasteiger partial charge is 0.326 e. The SMILES string of the molecule is CC(C)(C)OC(=O)[C@H](CNC(=O)c1ccc(-c2ccc(N)cc2)s1)NS(=O)(=O)c1ccccc1. The first kappa shape index (κ1) is 25.4. The number of carbonyl (C=O) groups excluding carboxylic acids is 2. The van der Waals surface area contributed by atoms with Gasteiger partial charge in [0, 0.05) is 17.1 Å². The van der Waals surface area contributed by atoms with E-state index >= 15 is 0 Å². The summed E-state index contributed by atoms with van der Waals surface area (Å²) >= 11 is 1.27. The van der Waals surface area contributed by atoms with E-state index < -0.39 is 33.5 Å². The van der Waals surface area contributed by atoms with Gasteiger partial charge in [-0.05, 0) is 62.7 Å². The van der Waals surface area contributed by atoms with Gasteiger partial charge in [-0.3, -0.25) is 9.59 Å². The summed E-state index contributed by atoms with van der Waals surface area (Å²) in [5.74, 6) is -1.22. The summed E-state index contributed by atoms with van der Waals surface area (Å²) in [6, 6.07) is 17.1. The Morgan fingerprint density at radius 3 is 2.26 bits per heavy atom. The molecule has 0 unspecified atom stereocenters. The number of ether oxygens (including phenoxy) is 1. The maximum atomic E-state index is 12.8. The number of nitrogens with two attached hydrogens (primary N) is 1. The summed E-state index contributed by atoms with van der Waals surface area (Å²) in [5, 5.41) is 2.64. The molecule has 180 valence electrons. The van der Waals surface area contributed by atoms with Gasteiger partial charge in [0.1, 0.15) is 11.6 Å². The Hall–Kier alpha value is -3.21. The molecule has 1 atom stereocenters. The molecule has 3 aromatic rings. The molecule has 1 aromatic heterocycles. The molecule has 10 heteroatoms. The molecule has 0 bridgehead atoms. The molecular formula is C24H27N3O5S2. The summed E-state index contributed by atoms with van der Waals surface area (Å²) in [4.78, 5) is 26.8. The third kappa shape index (κ3) is 6.89. The lowest BCUT2D eigenvalue weighted by atomic mass is 10.2. The van der Waals surface area contributed by atoms with E-state index in [4.69, 9.17) is 10.5 Å². The van der Waals surface area contributed by atoms with Gasteiger partial charge in [-0.25, -0.2) is 8.42 Å². The van der Waals surface area contributed by atoms with Crippen molar-refractivity contribution < 1.29 is 22.7 Å². The van der Waals surface area contributed by atoms with Gasteiger partial charge in [0.25, 0.3) is 5.91 Å². The Bertz CT molecular complexity index is 1250. The number of rotatable bonds is 8. The van der Waals surface area contributed by atoms with Crippen LogP contribution in [0.25, 0.3) is 10.4 Å². The molecule has 0 radical (unpaired) electrons. The van der Waals surface area contributed by atoms with E-state index in [1.54, 1.807) is 57.2 Å². The number of benzene rings is 2. The van der Waals surface area contributed by atoms with Crippen molar-refractivity contribution in [1.82, 2.24) is 10.0 Å². The number of amides is 1. The number of esters is 1. The number of nitrogens with one attached hydrogen (secondary N) is 2. The van der Waals surface area contributed by atoms with Crippen molar-refractivity contribution in [1.29, 1.82) is 0 Å². The van der Waals surface area contributed by atoms with Crippen molar-refractivity contribution in [3.8, 4) is 10.4 Å². The fraction of sp³-hybridized carbons (Fsp3) is 0.250. The Labute approximate surface area is 203 Å². The molecule has 1 heterocycles. The van der Waals surface area contributed by atoms with E-state index in [2.05, 4.69) is 10.0 Å². The number of nitrogen functional groups attached to an aromatic ring is 1. The summed E-state index contributed by atoms with van der Waals surface area (Å²) in [6.45, 7) is 4.75. The van der Waals surface area contributed by atoms with Crippen LogP contribution < -0.4 is 15.8 Å². The first-order valence-electron chi connectivity index (χ1n) is 10.5. The predicted molar refractivity (Wildman–Crippen MR) is 133 cm³/mol. The van der Waals surface area contributed by atoms with Crippen LogP contribution in [0.2, 0.25) is 0 Å². The van der Waals surface area contributed by atoms with E-state index in [9.17, 15) is 18.0 Å². The fourth-order valence-electron chi connectivity index (χ4n) is 2.95. The number of sulfonamides is 1. The Morgan fingerprint density at radius 1 is 1.00 bits per heavy atom. The van der Waals surface area contributed by atoms with Crippen molar-refractivity contribution in [2.24, 2.45) is 0 Å². The lowest BCUT2D eigenvalue weighted by Gasteiger charge is -2.24. The maximum absolute atomic E-state index is 12.8. The van der Waals surface area contributed by atoms with Crippen LogP contribution in [0.15, 0.2) is 71.6 Å². The highest BCUT2D eigenvalue weighted by Gasteiger charge is 2.30. The first-order chi connectivity index (χ1) is 15.9. The molecule has 8 nitrogen and oxygen atoms in total. The lowest BCUT2D eigenvalue weighted by molar-refractivity contribution is -0.156. The highest BCUT2D eigenvalue weighted by molar-refractivity contribution is 7.89. The van der Waals surface area contributed by atoms with Crippen molar-refractivity contribution in [2.75, 3.05) is 12.3 Å². The van der Waals surface area contributed by atoms with Gasteiger partial charge < -0.3 is 15.8 Å². The molecule has 2 aromatic carbocycles. The number of hydrogen-bond acceptors (Lipinski definition) is 7. The average molecular weight is 502 g/mol. The predicted octanol–water partition coefficient (Wildman–Crippen LogP) is 3.42. The average Bonchev–Trinajstić information content (AvgIpc) is 3.26. The highest BCUT2D eigenvalue weighted by Crippen LogP contribution is 2.28. The number of anilines is 1. The molecule has 0 aliphatic heterocycles. The van der Waals surface area contributed by atoms with Gasteiger partial charge >= 0.3 is 5.97 Å². The van der Waals surface area contributed by atoms with Crippen LogP contribution in [0.5, 0.6) is 0 Å². The second kappa shape index (κ2) is 10.4. The van der Waals surface area contributed by atoms with Crippen LogP contribution in [0, 0.1) is 0 Å². The molecular weight excluding hydrogens is 474 g/mol. The second-order valence-electron chi connectivity index (χ2n) is 8.52. The minimum absolute atomic E-state index is 0.00119. The molecule has 0 aliphatic carbocycles. The lowest BCUT2D eigenvalue weighted by Crippen LogP contribution is -2.50. The van der Waals surface area contributed by atoms with Crippen molar-refractivity contribution in [3.05, 3.63) is 71.6 Å². The summed E-state index contributed by atoms with van der Waals surface area (Å²) < 4.78 is 33.3. The number of hydrogen-bond donors (Lipinski definition) is 3. The number of thiophene rings is 1. The summed E-state index contributed by atoms with van der Waals surface area (Å²) in [6.07, 6.45) is 0. The third-order valence-corrected chi connectivity index (χ3v) is 7.15. The molecule has 4 N–H and O–H groups in total. The maximum Gasteiger partial charge on any atom is 0.326 e. The van der Waals surface area contributed by atoms with Crippen LogP contribution in [0.3, 0.4) is 0 Å². The van der Waals surface area contributed by atoms with Gasteiger partial charge in [0.15, 0.2) is 0 Å². The topological polar surface area (TPSA) is 128 Å². The van der Waals surface area contributed by atoms with Crippen molar-refractivity contribution in [2.45, 2.75) is 37.3 Å². The van der Waals surface area contributed by atoms with Crippen LogP contribution in [-0.4, -0.2) is 38.5 Å². The van der Waals surface area contributed by atoms with Gasteiger partial charge in [-0.15, -0.1) is 11.3 Å². The van der Waals surface area contributed by atoms with Crippen LogP contribution in [0.1, 0.15) is 30.4 Å². The Balaban J connectivity index is 1.74. The Kier molecular flexibility index (Phi) is 7.75. The van der Waals surface area contributed by atoms with Gasteiger partial charge in [-0.1, -0.05) is 30.3 Å². The standard InChI is InChI=1S/C24H27N3O5S2/c1-24(2,3)32-23(29)19(27-34(30,31)18-7-5-4-6-8-18)15-26-22(28)21-14-13-20(33-21)16-9-11-17(25)12-10-16/h4-14,19,27H,15,25H2,1-3H3,(H,26,28)/t19-/m0/s1. The van der Waals surface area contributed by atoms with E-state index in [-0.39, 0.29) is 11.4 Å². The van der Waals surface area contributed by atoms with Crippen LogP contribution in [-0.2, 0) is 19.6 Å². The van der Waals surface area contributed by atoms with E-state index in [0.29, 0.717) is 10.6 Å². The monoisotopic (exact) mass is 501 g/mol. The van der Waals surface area contributed by atoms with Crippen molar-refractivity contribution in [3.63, 3.8) is 0 Å². The molecule has 0 saturated carbocycles.